The number of aromatic nitrogens is 3. The molecule has 1 aliphatic heterocycles. The number of fused-ring (bicyclic) bond motifs is 1. The molecule has 0 unspecified atom stereocenters. The fraction of sp³-hybridized carbons (Fsp3) is 0.333. The third-order valence-corrected chi connectivity index (χ3v) is 5.24. The maximum Gasteiger partial charge on any atom is 0.228 e. The molecule has 0 atom stereocenters. The number of nitrogens with zero attached hydrogens (tertiary/aromatic N) is 4. The molecule has 7 heteroatoms. The summed E-state index contributed by atoms with van der Waals surface area (Å²) in [4.78, 5) is 19.0. The van der Waals surface area contributed by atoms with Crippen molar-refractivity contribution in [2.45, 2.75) is 19.4 Å². The third kappa shape index (κ3) is 4.00. The van der Waals surface area contributed by atoms with Crippen LogP contribution >= 0.6 is 0 Å². The summed E-state index contributed by atoms with van der Waals surface area (Å²) in [6.45, 7) is 1.82. The molecule has 1 aromatic carbocycles. The van der Waals surface area contributed by atoms with Crippen LogP contribution in [-0.2, 0) is 11.4 Å². The molecule has 2 aromatic heterocycles. The van der Waals surface area contributed by atoms with Crippen LogP contribution in [0.15, 0.2) is 42.7 Å². The zero-order chi connectivity index (χ0) is 19.5. The predicted molar refractivity (Wildman–Crippen MR) is 108 cm³/mol. The molecule has 0 radical (unpaired) electrons. The van der Waals surface area contributed by atoms with Crippen LogP contribution in [0.3, 0.4) is 0 Å². The lowest BCUT2D eigenvalue weighted by molar-refractivity contribution is -0.121. The quantitative estimate of drug-likeness (QED) is 0.726. The molecule has 1 saturated heterocycles. The molecule has 28 heavy (non-hydrogen) atoms. The number of carbonyl (C=O) groups is 1. The minimum atomic E-state index is -0.0486. The first-order valence-corrected chi connectivity index (χ1v) is 9.44. The lowest BCUT2D eigenvalue weighted by Crippen LogP contribution is -2.36. The number of piperidine rings is 1. The van der Waals surface area contributed by atoms with Gasteiger partial charge < -0.3 is 15.3 Å². The fourth-order valence-corrected chi connectivity index (χ4v) is 3.52. The van der Waals surface area contributed by atoms with E-state index < -0.39 is 0 Å². The fourth-order valence-electron chi connectivity index (χ4n) is 3.52. The topological polar surface area (TPSA) is 91.2 Å². The second-order valence-corrected chi connectivity index (χ2v) is 7.31. The Balaban J connectivity index is 1.56. The Hall–Kier alpha value is -2.90. The first kappa shape index (κ1) is 18.5. The molecular formula is C21H23N5O2. The summed E-state index contributed by atoms with van der Waals surface area (Å²) in [5.74, 6) is 0.501. The van der Waals surface area contributed by atoms with E-state index in [4.69, 9.17) is 0 Å². The first-order chi connectivity index (χ1) is 13.6. The van der Waals surface area contributed by atoms with Crippen molar-refractivity contribution >= 4 is 22.6 Å². The number of pyridine rings is 1. The van der Waals surface area contributed by atoms with Gasteiger partial charge >= 0.3 is 0 Å². The molecular weight excluding hydrogens is 354 g/mol. The predicted octanol–water partition coefficient (Wildman–Crippen LogP) is 2.46. The molecule has 4 rings (SSSR count). The van der Waals surface area contributed by atoms with E-state index >= 15 is 0 Å². The number of hydrogen-bond donors (Lipinski definition) is 2. The molecule has 7 nitrogen and oxygen atoms in total. The summed E-state index contributed by atoms with van der Waals surface area (Å²) in [7, 11) is 2.08. The van der Waals surface area contributed by atoms with Crippen LogP contribution in [-0.4, -0.2) is 51.2 Å². The molecule has 1 aliphatic rings. The van der Waals surface area contributed by atoms with E-state index in [0.29, 0.717) is 5.82 Å². The van der Waals surface area contributed by atoms with Gasteiger partial charge in [-0.15, -0.1) is 10.2 Å². The summed E-state index contributed by atoms with van der Waals surface area (Å²) >= 11 is 0. The Bertz CT molecular complexity index is 999. The zero-order valence-electron chi connectivity index (χ0n) is 15.8. The highest BCUT2D eigenvalue weighted by Gasteiger charge is 2.23. The number of aliphatic hydroxyl groups is 1. The molecule has 3 aromatic rings. The highest BCUT2D eigenvalue weighted by molar-refractivity contribution is 5.94. The van der Waals surface area contributed by atoms with E-state index in [2.05, 4.69) is 32.4 Å². The van der Waals surface area contributed by atoms with Crippen molar-refractivity contribution in [3.63, 3.8) is 0 Å². The number of benzene rings is 1. The number of anilines is 1. The maximum absolute atomic E-state index is 12.5. The smallest absolute Gasteiger partial charge is 0.228 e. The molecule has 0 aliphatic carbocycles. The van der Waals surface area contributed by atoms with Crippen LogP contribution in [0.25, 0.3) is 22.0 Å². The van der Waals surface area contributed by atoms with Crippen LogP contribution in [0.5, 0.6) is 0 Å². The molecule has 1 fully saturated rings. The number of amides is 1. The second-order valence-electron chi connectivity index (χ2n) is 7.31. The van der Waals surface area contributed by atoms with Gasteiger partial charge in [-0.25, -0.2) is 0 Å². The van der Waals surface area contributed by atoms with Crippen LogP contribution in [0.4, 0.5) is 5.82 Å². The minimum absolute atomic E-state index is 0.0118. The summed E-state index contributed by atoms with van der Waals surface area (Å²) < 4.78 is 0. The van der Waals surface area contributed by atoms with Gasteiger partial charge in [-0.05, 0) is 68.4 Å². The van der Waals surface area contributed by atoms with Gasteiger partial charge in [0.15, 0.2) is 5.82 Å². The van der Waals surface area contributed by atoms with E-state index in [-0.39, 0.29) is 18.4 Å². The van der Waals surface area contributed by atoms with Gasteiger partial charge in [0.1, 0.15) is 0 Å². The van der Waals surface area contributed by atoms with E-state index in [1.807, 2.05) is 30.3 Å². The van der Waals surface area contributed by atoms with Gasteiger partial charge in [0.05, 0.1) is 12.1 Å². The molecule has 1 amide bonds. The van der Waals surface area contributed by atoms with Crippen molar-refractivity contribution in [1.29, 1.82) is 0 Å². The van der Waals surface area contributed by atoms with Crippen LogP contribution < -0.4 is 5.32 Å². The Morgan fingerprint density at radius 1 is 1.14 bits per heavy atom. The second kappa shape index (κ2) is 8.00. The van der Waals surface area contributed by atoms with Gasteiger partial charge in [-0.2, -0.15) is 0 Å². The number of likely N-dealkylation sites (tertiary alicyclic amines) is 1. The van der Waals surface area contributed by atoms with E-state index in [1.165, 1.54) is 0 Å². The number of hydrogen-bond acceptors (Lipinski definition) is 6. The molecule has 0 saturated carbocycles. The van der Waals surface area contributed by atoms with Gasteiger partial charge in [-0.1, -0.05) is 6.07 Å². The summed E-state index contributed by atoms with van der Waals surface area (Å²) in [6, 6.07) is 9.60. The lowest BCUT2D eigenvalue weighted by Gasteiger charge is -2.27. The van der Waals surface area contributed by atoms with Gasteiger partial charge in [-0.3, -0.25) is 9.78 Å². The Morgan fingerprint density at radius 3 is 2.75 bits per heavy atom. The van der Waals surface area contributed by atoms with Crippen molar-refractivity contribution in [1.82, 2.24) is 20.1 Å². The summed E-state index contributed by atoms with van der Waals surface area (Å²) in [5, 5.41) is 21.5. The van der Waals surface area contributed by atoms with Crippen LogP contribution in [0.2, 0.25) is 0 Å². The Morgan fingerprint density at radius 2 is 1.96 bits per heavy atom. The molecule has 0 bridgehead atoms. The molecule has 2 N–H and O–H groups in total. The molecule has 0 spiro atoms. The number of carbonyl (C=O) groups excluding carboxylic acids is 1. The van der Waals surface area contributed by atoms with Crippen LogP contribution in [0, 0.1) is 5.92 Å². The van der Waals surface area contributed by atoms with Crippen molar-refractivity contribution < 1.29 is 9.90 Å². The van der Waals surface area contributed by atoms with Gasteiger partial charge in [0.25, 0.3) is 0 Å². The molecule has 3 heterocycles. The Labute approximate surface area is 163 Å². The maximum atomic E-state index is 12.5. The number of aliphatic hydroxyl groups excluding tert-OH is 1. The monoisotopic (exact) mass is 377 g/mol. The standard InChI is InChI=1S/C21H23N5O2/c1-26-6-4-15(5-7-26)21(28)23-20-10-17-9-16(2-3-19(17)24-25-20)18-8-14(13-27)11-22-12-18/h2-3,8-12,15,27H,4-7,13H2,1H3,(H,23,25,28). The SMILES string of the molecule is CN1CCC(C(=O)Nc2cc3cc(-c4cncc(CO)c4)ccc3nn2)CC1. The van der Waals surface area contributed by atoms with Crippen molar-refractivity contribution in [3.05, 3.63) is 48.3 Å². The lowest BCUT2D eigenvalue weighted by atomic mass is 9.96. The Kier molecular flexibility index (Phi) is 5.27. The average molecular weight is 377 g/mol. The normalized spacial score (nSPS) is 15.6. The zero-order valence-corrected chi connectivity index (χ0v) is 15.8. The van der Waals surface area contributed by atoms with Gasteiger partial charge in [0.2, 0.25) is 5.91 Å². The summed E-state index contributed by atoms with van der Waals surface area (Å²) in [6.07, 6.45) is 5.13. The van der Waals surface area contributed by atoms with Gasteiger partial charge in [0, 0.05) is 29.3 Å². The molecule has 144 valence electrons. The number of rotatable bonds is 4. The van der Waals surface area contributed by atoms with Crippen molar-refractivity contribution in [2.75, 3.05) is 25.5 Å². The largest absolute Gasteiger partial charge is 0.392 e. The minimum Gasteiger partial charge on any atom is -0.392 e. The highest BCUT2D eigenvalue weighted by Crippen LogP contribution is 2.25. The van der Waals surface area contributed by atoms with E-state index in [0.717, 1.165) is 53.5 Å². The van der Waals surface area contributed by atoms with Crippen LogP contribution in [0.1, 0.15) is 18.4 Å². The van der Waals surface area contributed by atoms with Crippen molar-refractivity contribution in [3.8, 4) is 11.1 Å². The average Bonchev–Trinajstić information content (AvgIpc) is 2.73. The highest BCUT2D eigenvalue weighted by atomic mass is 16.3. The van der Waals surface area contributed by atoms with E-state index in [9.17, 15) is 9.90 Å². The summed E-state index contributed by atoms with van der Waals surface area (Å²) in [5.41, 5.74) is 3.40. The van der Waals surface area contributed by atoms with Crippen molar-refractivity contribution in [2.24, 2.45) is 5.92 Å². The first-order valence-electron chi connectivity index (χ1n) is 9.44. The number of nitrogens with one attached hydrogen (secondary N) is 1. The van der Waals surface area contributed by atoms with E-state index in [1.54, 1.807) is 12.4 Å². The third-order valence-electron chi connectivity index (χ3n) is 5.24.